The SMILES string of the molecule is CO[C@H]1O[C@@H]2COC(c3ccccc3)O[C@H]2[C@H](OC(=O)c2ccccc2)[C@H]1OC(=O)C(C)(C)C. The Morgan fingerprint density at radius 2 is 1.53 bits per heavy atom. The van der Waals surface area contributed by atoms with E-state index in [1.165, 1.54) is 7.11 Å². The highest BCUT2D eigenvalue weighted by Crippen LogP contribution is 2.37. The van der Waals surface area contributed by atoms with Crippen molar-refractivity contribution in [3.8, 4) is 0 Å². The molecular formula is C26H30O8. The van der Waals surface area contributed by atoms with E-state index in [0.29, 0.717) is 5.56 Å². The lowest BCUT2D eigenvalue weighted by Crippen LogP contribution is -2.64. The van der Waals surface area contributed by atoms with E-state index in [2.05, 4.69) is 0 Å². The number of methoxy groups -OCH3 is 1. The van der Waals surface area contributed by atoms with Gasteiger partial charge in [0.1, 0.15) is 12.2 Å². The first kappa shape index (κ1) is 24.3. The van der Waals surface area contributed by atoms with Gasteiger partial charge >= 0.3 is 11.9 Å². The molecule has 4 rings (SSSR count). The number of ether oxygens (including phenoxy) is 6. The van der Waals surface area contributed by atoms with Crippen molar-refractivity contribution in [2.24, 2.45) is 5.41 Å². The molecule has 0 aliphatic carbocycles. The van der Waals surface area contributed by atoms with Gasteiger partial charge in [-0.25, -0.2) is 4.79 Å². The number of fused-ring (bicyclic) bond motifs is 1. The van der Waals surface area contributed by atoms with Gasteiger partial charge in [0, 0.05) is 12.7 Å². The summed E-state index contributed by atoms with van der Waals surface area (Å²) in [4.78, 5) is 25.8. The van der Waals surface area contributed by atoms with Crippen LogP contribution >= 0.6 is 0 Å². The van der Waals surface area contributed by atoms with Crippen LogP contribution in [0, 0.1) is 5.41 Å². The predicted octanol–water partition coefficient (Wildman–Crippen LogP) is 3.66. The zero-order chi connectivity index (χ0) is 24.3. The molecule has 0 aromatic heterocycles. The molecule has 2 aliphatic heterocycles. The summed E-state index contributed by atoms with van der Waals surface area (Å²) >= 11 is 0. The van der Waals surface area contributed by atoms with Crippen molar-refractivity contribution in [1.29, 1.82) is 0 Å². The normalized spacial score (nSPS) is 29.1. The fourth-order valence-electron chi connectivity index (χ4n) is 3.84. The van der Waals surface area contributed by atoms with Crippen molar-refractivity contribution in [3.05, 3.63) is 71.8 Å². The van der Waals surface area contributed by atoms with Gasteiger partial charge in [0.25, 0.3) is 0 Å². The molecule has 0 radical (unpaired) electrons. The molecule has 34 heavy (non-hydrogen) atoms. The van der Waals surface area contributed by atoms with Crippen LogP contribution in [-0.4, -0.2) is 56.4 Å². The summed E-state index contributed by atoms with van der Waals surface area (Å²) in [5.74, 6) is -1.04. The van der Waals surface area contributed by atoms with Crippen molar-refractivity contribution in [3.63, 3.8) is 0 Å². The van der Waals surface area contributed by atoms with E-state index < -0.39 is 54.3 Å². The van der Waals surface area contributed by atoms with Gasteiger partial charge in [-0.3, -0.25) is 4.79 Å². The molecule has 8 nitrogen and oxygen atoms in total. The van der Waals surface area contributed by atoms with Crippen LogP contribution < -0.4 is 0 Å². The monoisotopic (exact) mass is 470 g/mol. The summed E-state index contributed by atoms with van der Waals surface area (Å²) < 4.78 is 35.4. The Bertz CT molecular complexity index is 971. The fraction of sp³-hybridized carbons (Fsp3) is 0.462. The zero-order valence-electron chi connectivity index (χ0n) is 19.7. The lowest BCUT2D eigenvalue weighted by molar-refractivity contribution is -0.358. The van der Waals surface area contributed by atoms with Crippen molar-refractivity contribution in [1.82, 2.24) is 0 Å². The predicted molar refractivity (Wildman–Crippen MR) is 121 cm³/mol. The van der Waals surface area contributed by atoms with E-state index in [0.717, 1.165) is 5.56 Å². The van der Waals surface area contributed by atoms with Crippen molar-refractivity contribution < 1.29 is 38.0 Å². The maximum Gasteiger partial charge on any atom is 0.338 e. The van der Waals surface area contributed by atoms with Crippen LogP contribution in [0.4, 0.5) is 0 Å². The zero-order valence-corrected chi connectivity index (χ0v) is 19.7. The van der Waals surface area contributed by atoms with Crippen molar-refractivity contribution in [2.45, 2.75) is 57.8 Å². The molecule has 0 bridgehead atoms. The van der Waals surface area contributed by atoms with Crippen molar-refractivity contribution >= 4 is 11.9 Å². The Hall–Kier alpha value is -2.78. The number of hydrogen-bond acceptors (Lipinski definition) is 8. The minimum atomic E-state index is -1.04. The van der Waals surface area contributed by atoms with Crippen LogP contribution in [0.25, 0.3) is 0 Å². The maximum absolute atomic E-state index is 13.0. The number of rotatable bonds is 5. The standard InChI is InChI=1S/C26H30O8/c1-26(2,3)25(28)34-21-20(32-22(27)16-11-7-5-8-12-16)19-18(31-24(21)29-4)15-30-23(33-19)17-13-9-6-10-14-17/h5-14,18-21,23-24H,15H2,1-4H3/t18-,19-,20+,21-,23?,24+/m1/s1. The molecule has 2 heterocycles. The number of carbonyl (C=O) groups is 2. The quantitative estimate of drug-likeness (QED) is 0.612. The maximum atomic E-state index is 13.0. The summed E-state index contributed by atoms with van der Waals surface area (Å²) in [6.07, 6.45) is -5.04. The van der Waals surface area contributed by atoms with E-state index in [1.54, 1.807) is 45.0 Å². The van der Waals surface area contributed by atoms with Crippen LogP contribution in [0.5, 0.6) is 0 Å². The van der Waals surface area contributed by atoms with Gasteiger partial charge in [0.15, 0.2) is 24.8 Å². The van der Waals surface area contributed by atoms with E-state index in [4.69, 9.17) is 28.4 Å². The van der Waals surface area contributed by atoms with Crippen LogP contribution in [0.3, 0.4) is 0 Å². The minimum Gasteiger partial charge on any atom is -0.452 e. The van der Waals surface area contributed by atoms with E-state index in [9.17, 15) is 9.59 Å². The largest absolute Gasteiger partial charge is 0.452 e. The van der Waals surface area contributed by atoms with Crippen LogP contribution in [0.2, 0.25) is 0 Å². The van der Waals surface area contributed by atoms with Gasteiger partial charge in [-0.1, -0.05) is 48.5 Å². The Morgan fingerprint density at radius 1 is 0.882 bits per heavy atom. The van der Waals surface area contributed by atoms with E-state index in [-0.39, 0.29) is 6.61 Å². The van der Waals surface area contributed by atoms with Gasteiger partial charge in [-0.05, 0) is 32.9 Å². The number of esters is 2. The molecule has 1 unspecified atom stereocenters. The van der Waals surface area contributed by atoms with Crippen LogP contribution in [0.1, 0.15) is 43.0 Å². The molecule has 6 atom stereocenters. The number of benzene rings is 2. The summed E-state index contributed by atoms with van der Waals surface area (Å²) in [6.45, 7) is 5.41. The highest BCUT2D eigenvalue weighted by Gasteiger charge is 2.54. The summed E-state index contributed by atoms with van der Waals surface area (Å²) in [5.41, 5.74) is 0.393. The summed E-state index contributed by atoms with van der Waals surface area (Å²) in [6, 6.07) is 18.0. The van der Waals surface area contributed by atoms with Gasteiger partial charge in [0.05, 0.1) is 17.6 Å². The van der Waals surface area contributed by atoms with Gasteiger partial charge in [0.2, 0.25) is 0 Å². The fourth-order valence-corrected chi connectivity index (χ4v) is 3.84. The number of hydrogen-bond donors (Lipinski definition) is 0. The molecule has 0 spiro atoms. The van der Waals surface area contributed by atoms with E-state index >= 15 is 0 Å². The molecule has 0 amide bonds. The van der Waals surface area contributed by atoms with Crippen molar-refractivity contribution in [2.75, 3.05) is 13.7 Å². The summed E-state index contributed by atoms with van der Waals surface area (Å²) in [7, 11) is 1.44. The second kappa shape index (κ2) is 10.2. The molecule has 2 fully saturated rings. The average molecular weight is 471 g/mol. The van der Waals surface area contributed by atoms with Gasteiger partial charge in [-0.15, -0.1) is 0 Å². The molecule has 2 aliphatic rings. The smallest absolute Gasteiger partial charge is 0.338 e. The average Bonchev–Trinajstić information content (AvgIpc) is 2.85. The first-order chi connectivity index (χ1) is 16.3. The Balaban J connectivity index is 1.65. The topological polar surface area (TPSA) is 89.5 Å². The second-order valence-electron chi connectivity index (χ2n) is 9.31. The first-order valence-corrected chi connectivity index (χ1v) is 11.3. The third-order valence-electron chi connectivity index (χ3n) is 5.70. The van der Waals surface area contributed by atoms with Crippen LogP contribution in [0.15, 0.2) is 60.7 Å². The third-order valence-corrected chi connectivity index (χ3v) is 5.70. The Labute approximate surface area is 199 Å². The lowest BCUT2D eigenvalue weighted by atomic mass is 9.95. The second-order valence-corrected chi connectivity index (χ2v) is 9.31. The van der Waals surface area contributed by atoms with Gasteiger partial charge < -0.3 is 28.4 Å². The Kier molecular flexibility index (Phi) is 7.33. The summed E-state index contributed by atoms with van der Waals surface area (Å²) in [5, 5.41) is 0. The van der Waals surface area contributed by atoms with E-state index in [1.807, 2.05) is 36.4 Å². The molecular weight excluding hydrogens is 440 g/mol. The molecule has 182 valence electrons. The highest BCUT2D eigenvalue weighted by molar-refractivity contribution is 5.89. The molecule has 0 saturated carbocycles. The number of carbonyl (C=O) groups excluding carboxylic acids is 2. The molecule has 2 aromatic carbocycles. The molecule has 8 heteroatoms. The van der Waals surface area contributed by atoms with Gasteiger partial charge in [-0.2, -0.15) is 0 Å². The Morgan fingerprint density at radius 3 is 2.15 bits per heavy atom. The van der Waals surface area contributed by atoms with Crippen LogP contribution in [-0.2, 0) is 33.2 Å². The highest BCUT2D eigenvalue weighted by atomic mass is 16.8. The molecule has 0 N–H and O–H groups in total. The minimum absolute atomic E-state index is 0.184. The molecule has 2 aromatic rings. The molecule has 2 saturated heterocycles. The lowest BCUT2D eigenvalue weighted by Gasteiger charge is -2.48. The first-order valence-electron chi connectivity index (χ1n) is 11.3. The third kappa shape index (κ3) is 5.31.